The second kappa shape index (κ2) is 5.60. The zero-order chi connectivity index (χ0) is 19.0. The summed E-state index contributed by atoms with van der Waals surface area (Å²) in [6, 6.07) is 5.10. The minimum atomic E-state index is -0.506. The van der Waals surface area contributed by atoms with Gasteiger partial charge in [0.15, 0.2) is 0 Å². The van der Waals surface area contributed by atoms with Gasteiger partial charge in [-0.05, 0) is 57.2 Å². The van der Waals surface area contributed by atoms with Crippen molar-refractivity contribution in [3.8, 4) is 5.69 Å². The van der Waals surface area contributed by atoms with E-state index in [-0.39, 0.29) is 0 Å². The van der Waals surface area contributed by atoms with Crippen LogP contribution in [0.25, 0.3) is 16.6 Å². The molecule has 0 amide bonds. The van der Waals surface area contributed by atoms with Crippen LogP contribution in [0.15, 0.2) is 30.7 Å². The zero-order valence-electron chi connectivity index (χ0n) is 16.5. The molecule has 28 heavy (non-hydrogen) atoms. The smallest absolute Gasteiger partial charge is 0.103 e. The minimum absolute atomic E-state index is 0.364. The highest BCUT2D eigenvalue weighted by molar-refractivity contribution is 5.85. The number of piperidine rings is 1. The van der Waals surface area contributed by atoms with Crippen LogP contribution in [-0.2, 0) is 0 Å². The molecule has 2 saturated carbocycles. The first kappa shape index (κ1) is 16.6. The van der Waals surface area contributed by atoms with Gasteiger partial charge in [-0.1, -0.05) is 0 Å². The molecule has 3 fully saturated rings. The van der Waals surface area contributed by atoms with E-state index < -0.39 is 5.60 Å². The summed E-state index contributed by atoms with van der Waals surface area (Å²) >= 11 is 0. The standard InChI is InChI=1S/C22H27N5O/c1-14-7-15-9-24-27(19-10-23-26(13-19)18-5-6-18)21(15)8-20(14)25-11-16-3-4-17(12-25)22(16,2)28/h7-10,13,16-18,28H,3-6,11-12H2,1-2H3. The van der Waals surface area contributed by atoms with E-state index in [9.17, 15) is 5.11 Å². The molecule has 1 aromatic carbocycles. The van der Waals surface area contributed by atoms with Gasteiger partial charge in [-0.2, -0.15) is 10.2 Å². The summed E-state index contributed by atoms with van der Waals surface area (Å²) in [5, 5.41) is 21.2. The normalized spacial score (nSPS) is 29.8. The number of aryl methyl sites for hydroxylation is 1. The van der Waals surface area contributed by atoms with Crippen LogP contribution >= 0.6 is 0 Å². The summed E-state index contributed by atoms with van der Waals surface area (Å²) < 4.78 is 4.08. The predicted octanol–water partition coefficient (Wildman–Crippen LogP) is 3.46. The number of aromatic nitrogens is 4. The van der Waals surface area contributed by atoms with Gasteiger partial charge in [0, 0.05) is 36.0 Å². The molecule has 6 nitrogen and oxygen atoms in total. The Balaban J connectivity index is 1.39. The Labute approximate surface area is 164 Å². The van der Waals surface area contributed by atoms with Crippen LogP contribution in [0.5, 0.6) is 0 Å². The average Bonchev–Trinajstić information content (AvgIpc) is 3.25. The molecule has 2 atom stereocenters. The lowest BCUT2D eigenvalue weighted by molar-refractivity contribution is -0.0272. The van der Waals surface area contributed by atoms with E-state index in [1.165, 1.54) is 24.1 Å². The van der Waals surface area contributed by atoms with Crippen LogP contribution in [-0.4, -0.2) is 43.4 Å². The molecule has 0 radical (unpaired) electrons. The maximum atomic E-state index is 10.8. The van der Waals surface area contributed by atoms with E-state index in [1.54, 1.807) is 0 Å². The summed E-state index contributed by atoms with van der Waals surface area (Å²) in [7, 11) is 0. The molecule has 146 valence electrons. The van der Waals surface area contributed by atoms with Gasteiger partial charge in [-0.3, -0.25) is 4.68 Å². The van der Waals surface area contributed by atoms with Crippen molar-refractivity contribution in [2.75, 3.05) is 18.0 Å². The van der Waals surface area contributed by atoms with Crippen molar-refractivity contribution in [1.82, 2.24) is 19.6 Å². The van der Waals surface area contributed by atoms with Crippen molar-refractivity contribution in [2.24, 2.45) is 11.8 Å². The van der Waals surface area contributed by atoms with Crippen molar-refractivity contribution in [3.63, 3.8) is 0 Å². The van der Waals surface area contributed by atoms with Gasteiger partial charge in [0.05, 0.1) is 35.8 Å². The van der Waals surface area contributed by atoms with Gasteiger partial charge in [0.25, 0.3) is 0 Å². The summed E-state index contributed by atoms with van der Waals surface area (Å²) in [4.78, 5) is 2.49. The minimum Gasteiger partial charge on any atom is -0.389 e. The fourth-order valence-corrected chi connectivity index (χ4v) is 5.38. The number of aliphatic hydroxyl groups is 1. The van der Waals surface area contributed by atoms with Gasteiger partial charge in [-0.25, -0.2) is 4.68 Å². The largest absolute Gasteiger partial charge is 0.389 e. The first-order chi connectivity index (χ1) is 13.5. The number of hydrogen-bond donors (Lipinski definition) is 1. The Kier molecular flexibility index (Phi) is 3.32. The van der Waals surface area contributed by atoms with Gasteiger partial charge in [-0.15, -0.1) is 0 Å². The lowest BCUT2D eigenvalue weighted by Gasteiger charge is -2.43. The van der Waals surface area contributed by atoms with E-state index in [1.807, 2.05) is 24.0 Å². The van der Waals surface area contributed by atoms with Gasteiger partial charge in [0.1, 0.15) is 5.69 Å². The third-order valence-electron chi connectivity index (χ3n) is 7.38. The monoisotopic (exact) mass is 377 g/mol. The molecule has 3 aromatic rings. The van der Waals surface area contributed by atoms with Gasteiger partial charge in [0.2, 0.25) is 0 Å². The Morgan fingerprint density at radius 2 is 1.79 bits per heavy atom. The lowest BCUT2D eigenvalue weighted by Crippen LogP contribution is -2.52. The number of anilines is 1. The summed E-state index contributed by atoms with van der Waals surface area (Å²) in [5.41, 5.74) is 4.20. The molecule has 1 saturated heterocycles. The van der Waals surface area contributed by atoms with Crippen LogP contribution < -0.4 is 4.90 Å². The van der Waals surface area contributed by atoms with Crippen LogP contribution in [0.2, 0.25) is 0 Å². The first-order valence-electron chi connectivity index (χ1n) is 10.5. The molecule has 2 aliphatic carbocycles. The molecule has 0 spiro atoms. The van der Waals surface area contributed by atoms with Gasteiger partial charge < -0.3 is 10.0 Å². The van der Waals surface area contributed by atoms with Gasteiger partial charge >= 0.3 is 0 Å². The predicted molar refractivity (Wildman–Crippen MR) is 109 cm³/mol. The van der Waals surface area contributed by atoms with Crippen LogP contribution in [0.4, 0.5) is 5.69 Å². The van der Waals surface area contributed by atoms with Crippen LogP contribution in [0.1, 0.15) is 44.2 Å². The number of nitrogens with zero attached hydrogens (tertiary/aromatic N) is 5. The molecule has 2 aromatic heterocycles. The molecule has 2 unspecified atom stereocenters. The molecule has 1 aliphatic heterocycles. The molecule has 3 heterocycles. The summed E-state index contributed by atoms with van der Waals surface area (Å²) in [6.45, 7) is 6.09. The Morgan fingerprint density at radius 1 is 1.04 bits per heavy atom. The van der Waals surface area contributed by atoms with E-state index in [0.717, 1.165) is 42.5 Å². The Hall–Kier alpha value is -2.34. The van der Waals surface area contributed by atoms with Crippen molar-refractivity contribution in [1.29, 1.82) is 0 Å². The van der Waals surface area contributed by atoms with Crippen molar-refractivity contribution >= 4 is 16.6 Å². The second-order valence-corrected chi connectivity index (χ2v) is 9.27. The van der Waals surface area contributed by atoms with E-state index >= 15 is 0 Å². The maximum Gasteiger partial charge on any atom is 0.103 e. The molecule has 6 heteroatoms. The van der Waals surface area contributed by atoms with Crippen LogP contribution in [0.3, 0.4) is 0 Å². The molecule has 6 rings (SSSR count). The SMILES string of the molecule is Cc1cc2cnn(-c3cnn(C4CC4)c3)c2cc1N1CC2CCC(C1)C2(C)O. The maximum absolute atomic E-state index is 10.8. The van der Waals surface area contributed by atoms with E-state index in [0.29, 0.717) is 17.9 Å². The van der Waals surface area contributed by atoms with Crippen molar-refractivity contribution in [2.45, 2.75) is 51.2 Å². The molecular formula is C22H27N5O. The fourth-order valence-electron chi connectivity index (χ4n) is 5.38. The number of benzene rings is 1. The highest BCUT2D eigenvalue weighted by Gasteiger charge is 2.49. The lowest BCUT2D eigenvalue weighted by atomic mass is 9.81. The Morgan fingerprint density at radius 3 is 2.50 bits per heavy atom. The fraction of sp³-hybridized carbons (Fsp3) is 0.545. The number of fused-ring (bicyclic) bond motifs is 3. The average molecular weight is 377 g/mol. The van der Waals surface area contributed by atoms with Crippen molar-refractivity contribution in [3.05, 3.63) is 36.3 Å². The summed E-state index contributed by atoms with van der Waals surface area (Å²) in [6.07, 6.45) is 10.7. The number of rotatable bonds is 3. The highest BCUT2D eigenvalue weighted by atomic mass is 16.3. The molecule has 2 bridgehead atoms. The molecule has 3 aliphatic rings. The summed E-state index contributed by atoms with van der Waals surface area (Å²) in [5.74, 6) is 0.728. The highest BCUT2D eigenvalue weighted by Crippen LogP contribution is 2.46. The molecule has 1 N–H and O–H groups in total. The quantitative estimate of drug-likeness (QED) is 0.759. The van der Waals surface area contributed by atoms with Crippen LogP contribution in [0, 0.1) is 18.8 Å². The molecular weight excluding hydrogens is 350 g/mol. The Bertz CT molecular complexity index is 1040. The third kappa shape index (κ3) is 2.37. The van der Waals surface area contributed by atoms with E-state index in [4.69, 9.17) is 0 Å². The first-order valence-corrected chi connectivity index (χ1v) is 10.5. The van der Waals surface area contributed by atoms with E-state index in [2.05, 4.69) is 45.0 Å². The third-order valence-corrected chi connectivity index (χ3v) is 7.38. The second-order valence-electron chi connectivity index (χ2n) is 9.27. The topological polar surface area (TPSA) is 59.1 Å². The number of hydrogen-bond acceptors (Lipinski definition) is 4. The zero-order valence-corrected chi connectivity index (χ0v) is 16.5. The van der Waals surface area contributed by atoms with Crippen molar-refractivity contribution < 1.29 is 5.11 Å².